The molecule has 2 atom stereocenters. The first kappa shape index (κ1) is 16.9. The van der Waals surface area contributed by atoms with E-state index < -0.39 is 0 Å². The second-order valence-electron chi connectivity index (χ2n) is 7.42. The molecule has 0 bridgehead atoms. The van der Waals surface area contributed by atoms with Crippen molar-refractivity contribution in [3.05, 3.63) is 0 Å². The average Bonchev–Trinajstić information content (AvgIpc) is 2.47. The van der Waals surface area contributed by atoms with Crippen molar-refractivity contribution in [2.75, 3.05) is 18.8 Å². The summed E-state index contributed by atoms with van der Waals surface area (Å²) in [4.78, 5) is 14.4. The summed E-state index contributed by atoms with van der Waals surface area (Å²) in [5.74, 6) is 3.06. The van der Waals surface area contributed by atoms with Gasteiger partial charge in [0.25, 0.3) is 0 Å². The number of nitrogens with zero attached hydrogens (tertiary/aromatic N) is 1. The lowest BCUT2D eigenvalue weighted by Gasteiger charge is -2.34. The Kier molecular flexibility index (Phi) is 6.22. The summed E-state index contributed by atoms with van der Waals surface area (Å²) in [6, 6.07) is 0. The van der Waals surface area contributed by atoms with Gasteiger partial charge in [-0.15, -0.1) is 0 Å². The van der Waals surface area contributed by atoms with Crippen LogP contribution in [0.15, 0.2) is 0 Å². The highest BCUT2D eigenvalue weighted by atomic mass is 32.1. The van der Waals surface area contributed by atoms with Gasteiger partial charge in [0.15, 0.2) is 0 Å². The molecule has 2 nitrogen and oxygen atoms in total. The zero-order valence-corrected chi connectivity index (χ0v) is 14.2. The minimum Gasteiger partial charge on any atom is -0.342 e. The van der Waals surface area contributed by atoms with Crippen LogP contribution in [-0.2, 0) is 4.79 Å². The Hall–Kier alpha value is -0.180. The standard InChI is InChI=1S/C16H31NOS/c1-12(2)13-6-7-15(18)17(9-8-13)10-14(11-19)16(3,4)5/h12-14,19H,6-11H2,1-5H3. The van der Waals surface area contributed by atoms with Gasteiger partial charge in [-0.3, -0.25) is 4.79 Å². The van der Waals surface area contributed by atoms with Crippen LogP contribution >= 0.6 is 12.6 Å². The number of carbonyl (C=O) groups is 1. The molecule has 1 heterocycles. The molecule has 1 rings (SSSR count). The van der Waals surface area contributed by atoms with Crippen LogP contribution in [0.25, 0.3) is 0 Å². The summed E-state index contributed by atoms with van der Waals surface area (Å²) in [5, 5.41) is 0. The van der Waals surface area contributed by atoms with Crippen molar-refractivity contribution in [3.8, 4) is 0 Å². The number of thiol groups is 1. The molecule has 1 aliphatic heterocycles. The van der Waals surface area contributed by atoms with Crippen LogP contribution in [0.5, 0.6) is 0 Å². The summed E-state index contributed by atoms with van der Waals surface area (Å²) in [5.41, 5.74) is 0.214. The van der Waals surface area contributed by atoms with Crippen LogP contribution in [0, 0.1) is 23.2 Å². The zero-order chi connectivity index (χ0) is 14.6. The van der Waals surface area contributed by atoms with Gasteiger partial charge >= 0.3 is 0 Å². The van der Waals surface area contributed by atoms with Crippen LogP contribution in [-0.4, -0.2) is 29.6 Å². The minimum atomic E-state index is 0.214. The largest absolute Gasteiger partial charge is 0.342 e. The van der Waals surface area contributed by atoms with Crippen LogP contribution in [0.3, 0.4) is 0 Å². The smallest absolute Gasteiger partial charge is 0.222 e. The average molecular weight is 285 g/mol. The van der Waals surface area contributed by atoms with E-state index in [-0.39, 0.29) is 5.41 Å². The van der Waals surface area contributed by atoms with Gasteiger partial charge in [0, 0.05) is 19.5 Å². The van der Waals surface area contributed by atoms with Crippen molar-refractivity contribution in [3.63, 3.8) is 0 Å². The third-order valence-corrected chi connectivity index (χ3v) is 5.12. The normalized spacial score (nSPS) is 23.6. The number of carbonyl (C=O) groups excluding carboxylic acids is 1. The van der Waals surface area contributed by atoms with Gasteiger partial charge in [-0.05, 0) is 41.8 Å². The predicted octanol–water partition coefficient (Wildman–Crippen LogP) is 3.86. The van der Waals surface area contributed by atoms with E-state index in [4.69, 9.17) is 0 Å². The van der Waals surface area contributed by atoms with E-state index in [1.165, 1.54) is 0 Å². The summed E-state index contributed by atoms with van der Waals surface area (Å²) >= 11 is 4.48. The fourth-order valence-electron chi connectivity index (χ4n) is 2.79. The van der Waals surface area contributed by atoms with Crippen LogP contribution in [0.1, 0.15) is 53.9 Å². The van der Waals surface area contributed by atoms with E-state index in [0.717, 1.165) is 38.1 Å². The molecule has 0 aliphatic carbocycles. The molecule has 0 aromatic rings. The van der Waals surface area contributed by atoms with Crippen molar-refractivity contribution in [1.82, 2.24) is 4.90 Å². The van der Waals surface area contributed by atoms with Gasteiger partial charge in [-0.25, -0.2) is 0 Å². The van der Waals surface area contributed by atoms with Crippen LogP contribution in [0.2, 0.25) is 0 Å². The van der Waals surface area contributed by atoms with E-state index in [0.29, 0.717) is 23.7 Å². The zero-order valence-electron chi connectivity index (χ0n) is 13.3. The monoisotopic (exact) mass is 285 g/mol. The molecule has 1 amide bonds. The molecule has 0 saturated carbocycles. The molecule has 2 unspecified atom stereocenters. The van der Waals surface area contributed by atoms with Gasteiger partial charge in [-0.1, -0.05) is 34.6 Å². The Bertz CT molecular complexity index is 296. The maximum Gasteiger partial charge on any atom is 0.222 e. The molecule has 19 heavy (non-hydrogen) atoms. The summed E-state index contributed by atoms with van der Waals surface area (Å²) in [6.07, 6.45) is 2.95. The first-order valence-corrected chi connectivity index (χ1v) is 8.27. The number of likely N-dealkylation sites (tertiary alicyclic amines) is 1. The van der Waals surface area contributed by atoms with Crippen molar-refractivity contribution < 1.29 is 4.79 Å². The number of hydrogen-bond acceptors (Lipinski definition) is 2. The van der Waals surface area contributed by atoms with E-state index in [1.807, 2.05) is 0 Å². The molecular formula is C16H31NOS. The van der Waals surface area contributed by atoms with E-state index in [2.05, 4.69) is 52.1 Å². The topological polar surface area (TPSA) is 20.3 Å². The van der Waals surface area contributed by atoms with E-state index in [1.54, 1.807) is 0 Å². The Morgan fingerprint density at radius 1 is 1.32 bits per heavy atom. The van der Waals surface area contributed by atoms with Crippen molar-refractivity contribution >= 4 is 18.5 Å². The maximum absolute atomic E-state index is 12.3. The number of rotatable bonds is 4. The molecular weight excluding hydrogens is 254 g/mol. The highest BCUT2D eigenvalue weighted by molar-refractivity contribution is 7.80. The molecule has 0 spiro atoms. The van der Waals surface area contributed by atoms with E-state index >= 15 is 0 Å². The second-order valence-corrected chi connectivity index (χ2v) is 7.78. The SMILES string of the molecule is CC(C)C1CCC(=O)N(CC(CS)C(C)(C)C)CC1. The summed E-state index contributed by atoms with van der Waals surface area (Å²) in [7, 11) is 0. The Balaban J connectivity index is 2.65. The lowest BCUT2D eigenvalue weighted by atomic mass is 9.81. The van der Waals surface area contributed by atoms with Crippen molar-refractivity contribution in [2.24, 2.45) is 23.2 Å². The lowest BCUT2D eigenvalue weighted by Crippen LogP contribution is -2.40. The molecule has 0 aromatic carbocycles. The molecule has 1 aliphatic rings. The maximum atomic E-state index is 12.3. The lowest BCUT2D eigenvalue weighted by molar-refractivity contribution is -0.131. The van der Waals surface area contributed by atoms with Gasteiger partial charge in [0.05, 0.1) is 0 Å². The predicted molar refractivity (Wildman–Crippen MR) is 85.6 cm³/mol. The summed E-state index contributed by atoms with van der Waals surface area (Å²) in [6.45, 7) is 13.1. The molecule has 0 radical (unpaired) electrons. The molecule has 1 saturated heterocycles. The van der Waals surface area contributed by atoms with Gasteiger partial charge in [0.1, 0.15) is 0 Å². The van der Waals surface area contributed by atoms with Gasteiger partial charge < -0.3 is 4.90 Å². The quantitative estimate of drug-likeness (QED) is 0.778. The Morgan fingerprint density at radius 3 is 2.42 bits per heavy atom. The number of hydrogen-bond donors (Lipinski definition) is 1. The van der Waals surface area contributed by atoms with Gasteiger partial charge in [-0.2, -0.15) is 12.6 Å². The van der Waals surface area contributed by atoms with Crippen molar-refractivity contribution in [1.29, 1.82) is 0 Å². The molecule has 1 fully saturated rings. The van der Waals surface area contributed by atoms with Gasteiger partial charge in [0.2, 0.25) is 5.91 Å². The third-order valence-electron chi connectivity index (χ3n) is 4.68. The molecule has 112 valence electrons. The van der Waals surface area contributed by atoms with Crippen molar-refractivity contribution in [2.45, 2.75) is 53.9 Å². The minimum absolute atomic E-state index is 0.214. The fraction of sp³-hybridized carbons (Fsp3) is 0.938. The third kappa shape index (κ3) is 5.02. The second kappa shape index (κ2) is 7.01. The molecule has 0 aromatic heterocycles. The Morgan fingerprint density at radius 2 is 1.95 bits per heavy atom. The van der Waals surface area contributed by atoms with E-state index in [9.17, 15) is 4.79 Å². The first-order valence-electron chi connectivity index (χ1n) is 7.64. The summed E-state index contributed by atoms with van der Waals surface area (Å²) < 4.78 is 0. The number of amides is 1. The Labute approximate surface area is 124 Å². The highest BCUT2D eigenvalue weighted by Crippen LogP contribution is 2.30. The van der Waals surface area contributed by atoms with Crippen LogP contribution < -0.4 is 0 Å². The fourth-order valence-corrected chi connectivity index (χ4v) is 3.45. The molecule has 3 heteroatoms. The molecule has 0 N–H and O–H groups in total. The van der Waals surface area contributed by atoms with Crippen LogP contribution in [0.4, 0.5) is 0 Å². The highest BCUT2D eigenvalue weighted by Gasteiger charge is 2.30. The first-order chi connectivity index (χ1) is 8.75.